The van der Waals surface area contributed by atoms with E-state index in [0.717, 1.165) is 17.7 Å². The summed E-state index contributed by atoms with van der Waals surface area (Å²) in [7, 11) is 0. The number of hydrogen-bond donors (Lipinski definition) is 1. The van der Waals surface area contributed by atoms with Crippen molar-refractivity contribution in [3.05, 3.63) is 62.9 Å². The molecule has 120 valence electrons. The molecule has 1 aromatic carbocycles. The zero-order valence-electron chi connectivity index (χ0n) is 12.9. The molecule has 7 heteroatoms. The summed E-state index contributed by atoms with van der Waals surface area (Å²) in [5.74, 6) is -0.248. The molecular weight excluding hydrogens is 318 g/mol. The molecule has 1 aromatic heterocycles. The molecular formula is C16H17ClN3O3+. The van der Waals surface area contributed by atoms with Crippen molar-refractivity contribution in [1.82, 2.24) is 0 Å². The third kappa shape index (κ3) is 4.26. The highest BCUT2D eigenvalue weighted by atomic mass is 35.5. The van der Waals surface area contributed by atoms with Crippen LogP contribution in [0.1, 0.15) is 18.2 Å². The number of benzene rings is 1. The van der Waals surface area contributed by atoms with Gasteiger partial charge in [0.15, 0.2) is 11.9 Å². The first kappa shape index (κ1) is 16.9. The number of hydrogen-bond acceptors (Lipinski definition) is 3. The van der Waals surface area contributed by atoms with Crippen LogP contribution in [-0.2, 0) is 17.8 Å². The Labute approximate surface area is 138 Å². The van der Waals surface area contributed by atoms with Crippen LogP contribution in [0.2, 0.25) is 5.02 Å². The zero-order valence-corrected chi connectivity index (χ0v) is 13.6. The summed E-state index contributed by atoms with van der Waals surface area (Å²) >= 11 is 5.97. The number of pyridine rings is 1. The molecule has 1 amide bonds. The van der Waals surface area contributed by atoms with E-state index in [2.05, 4.69) is 5.32 Å². The summed E-state index contributed by atoms with van der Waals surface area (Å²) in [6, 6.07) is 7.94. The van der Waals surface area contributed by atoms with Gasteiger partial charge in [0.05, 0.1) is 15.6 Å². The van der Waals surface area contributed by atoms with Crippen LogP contribution in [-0.4, -0.2) is 10.8 Å². The lowest BCUT2D eigenvalue weighted by molar-refractivity contribution is -0.690. The summed E-state index contributed by atoms with van der Waals surface area (Å²) in [5, 5.41) is 13.5. The molecule has 0 aliphatic carbocycles. The van der Waals surface area contributed by atoms with E-state index >= 15 is 0 Å². The second-order valence-corrected chi connectivity index (χ2v) is 5.54. The molecule has 1 heterocycles. The summed E-state index contributed by atoms with van der Waals surface area (Å²) in [4.78, 5) is 22.3. The van der Waals surface area contributed by atoms with E-state index in [-0.39, 0.29) is 23.2 Å². The largest absolute Gasteiger partial charge is 0.319 e. The predicted molar refractivity (Wildman–Crippen MR) is 87.5 cm³/mol. The van der Waals surface area contributed by atoms with Crippen molar-refractivity contribution in [3.8, 4) is 0 Å². The Kier molecular flexibility index (Phi) is 5.28. The number of aromatic nitrogens is 1. The quantitative estimate of drug-likeness (QED) is 0.518. The fourth-order valence-corrected chi connectivity index (χ4v) is 2.33. The number of nitrogens with zero attached hydrogens (tertiary/aromatic N) is 2. The number of halogens is 1. The van der Waals surface area contributed by atoms with E-state index in [1.807, 2.05) is 36.7 Å². The Balaban J connectivity index is 2.12. The molecule has 0 saturated carbocycles. The number of nitrogens with one attached hydrogen (secondary N) is 1. The van der Waals surface area contributed by atoms with Crippen LogP contribution < -0.4 is 9.88 Å². The standard InChI is InChI=1S/C16H16ClN3O3/c1-3-12-5-4-11(2)19(9-12)10-16(21)18-15-7-6-13(20(22)23)8-14(15)17/h4-9H,3,10H2,1-2H3/p+1. The van der Waals surface area contributed by atoms with Gasteiger partial charge in [0.1, 0.15) is 0 Å². The van der Waals surface area contributed by atoms with E-state index in [1.165, 1.54) is 18.2 Å². The maximum Gasteiger partial charge on any atom is 0.290 e. The highest BCUT2D eigenvalue weighted by Gasteiger charge is 2.16. The Morgan fingerprint density at radius 1 is 1.35 bits per heavy atom. The van der Waals surface area contributed by atoms with E-state index < -0.39 is 4.92 Å². The second-order valence-electron chi connectivity index (χ2n) is 5.13. The Morgan fingerprint density at radius 3 is 2.70 bits per heavy atom. The van der Waals surface area contributed by atoms with Crippen LogP contribution in [0.4, 0.5) is 11.4 Å². The molecule has 0 radical (unpaired) electrons. The van der Waals surface area contributed by atoms with Gasteiger partial charge < -0.3 is 5.32 Å². The van der Waals surface area contributed by atoms with Gasteiger partial charge in [-0.05, 0) is 18.6 Å². The summed E-state index contributed by atoms with van der Waals surface area (Å²) < 4.78 is 1.85. The molecule has 0 aliphatic heterocycles. The zero-order chi connectivity index (χ0) is 17.0. The van der Waals surface area contributed by atoms with Crippen LogP contribution in [0, 0.1) is 17.0 Å². The van der Waals surface area contributed by atoms with Crippen LogP contribution in [0.3, 0.4) is 0 Å². The number of aryl methyl sites for hydroxylation is 2. The van der Waals surface area contributed by atoms with Crippen molar-refractivity contribution < 1.29 is 14.3 Å². The van der Waals surface area contributed by atoms with E-state index in [0.29, 0.717) is 5.69 Å². The van der Waals surface area contributed by atoms with Gasteiger partial charge in [0.2, 0.25) is 6.54 Å². The first-order valence-electron chi connectivity index (χ1n) is 7.13. The smallest absolute Gasteiger partial charge is 0.290 e. The van der Waals surface area contributed by atoms with Crippen molar-refractivity contribution in [2.75, 3.05) is 5.32 Å². The van der Waals surface area contributed by atoms with E-state index in [9.17, 15) is 14.9 Å². The second kappa shape index (κ2) is 7.19. The van der Waals surface area contributed by atoms with Crippen molar-refractivity contribution in [2.45, 2.75) is 26.8 Å². The maximum atomic E-state index is 12.2. The minimum Gasteiger partial charge on any atom is -0.319 e. The molecule has 0 atom stereocenters. The first-order valence-corrected chi connectivity index (χ1v) is 7.51. The molecule has 2 rings (SSSR count). The monoisotopic (exact) mass is 334 g/mol. The highest BCUT2D eigenvalue weighted by Crippen LogP contribution is 2.26. The number of nitro groups is 1. The Bertz CT molecular complexity index is 762. The number of non-ortho nitro benzene ring substituents is 1. The summed E-state index contributed by atoms with van der Waals surface area (Å²) in [6.45, 7) is 4.12. The summed E-state index contributed by atoms with van der Waals surface area (Å²) in [5.41, 5.74) is 2.34. The lowest BCUT2D eigenvalue weighted by Crippen LogP contribution is -2.43. The maximum absolute atomic E-state index is 12.2. The van der Waals surface area contributed by atoms with Gasteiger partial charge in [-0.3, -0.25) is 14.9 Å². The summed E-state index contributed by atoms with van der Waals surface area (Å²) in [6.07, 6.45) is 2.82. The lowest BCUT2D eigenvalue weighted by atomic mass is 10.2. The fourth-order valence-electron chi connectivity index (χ4n) is 2.11. The van der Waals surface area contributed by atoms with Gasteiger partial charge in [-0.1, -0.05) is 18.5 Å². The molecule has 0 aliphatic rings. The molecule has 0 spiro atoms. The number of carbonyl (C=O) groups is 1. The van der Waals surface area contributed by atoms with Gasteiger partial charge in [-0.25, -0.2) is 0 Å². The first-order chi connectivity index (χ1) is 10.9. The average Bonchev–Trinajstić information content (AvgIpc) is 2.51. The topological polar surface area (TPSA) is 76.1 Å². The number of rotatable bonds is 5. The normalized spacial score (nSPS) is 10.4. The van der Waals surface area contributed by atoms with Gasteiger partial charge in [-0.2, -0.15) is 4.57 Å². The molecule has 23 heavy (non-hydrogen) atoms. The number of carbonyl (C=O) groups excluding carboxylic acids is 1. The third-order valence-electron chi connectivity index (χ3n) is 3.47. The number of amides is 1. The third-order valence-corrected chi connectivity index (χ3v) is 3.79. The van der Waals surface area contributed by atoms with Crippen molar-refractivity contribution in [2.24, 2.45) is 0 Å². The van der Waals surface area contributed by atoms with Crippen LogP contribution >= 0.6 is 11.6 Å². The minimum absolute atomic E-state index is 0.117. The molecule has 0 bridgehead atoms. The molecule has 1 N–H and O–H groups in total. The molecule has 2 aromatic rings. The van der Waals surface area contributed by atoms with Gasteiger partial charge in [-0.15, -0.1) is 0 Å². The predicted octanol–water partition coefficient (Wildman–Crippen LogP) is 3.05. The minimum atomic E-state index is -0.535. The molecule has 0 saturated heterocycles. The molecule has 0 unspecified atom stereocenters. The number of nitro benzene ring substituents is 1. The Morgan fingerprint density at radius 2 is 2.09 bits per heavy atom. The van der Waals surface area contributed by atoms with Crippen molar-refractivity contribution in [3.63, 3.8) is 0 Å². The van der Waals surface area contributed by atoms with Crippen LogP contribution in [0.25, 0.3) is 0 Å². The highest BCUT2D eigenvalue weighted by molar-refractivity contribution is 6.33. The van der Waals surface area contributed by atoms with Crippen LogP contribution in [0.15, 0.2) is 36.5 Å². The van der Waals surface area contributed by atoms with Gasteiger partial charge >= 0.3 is 0 Å². The van der Waals surface area contributed by atoms with Gasteiger partial charge in [0.25, 0.3) is 11.6 Å². The molecule has 6 nitrogen and oxygen atoms in total. The Hall–Kier alpha value is -2.47. The van der Waals surface area contributed by atoms with Crippen molar-refractivity contribution in [1.29, 1.82) is 0 Å². The van der Waals surface area contributed by atoms with Crippen molar-refractivity contribution >= 4 is 28.9 Å². The van der Waals surface area contributed by atoms with Gasteiger partial charge in [0, 0.05) is 30.7 Å². The SMILES string of the molecule is CCc1ccc(C)[n+](CC(=O)Nc2ccc([N+](=O)[O-])cc2Cl)c1. The fraction of sp³-hybridized carbons (Fsp3) is 0.250. The average molecular weight is 335 g/mol. The number of anilines is 1. The van der Waals surface area contributed by atoms with Crippen LogP contribution in [0.5, 0.6) is 0 Å². The van der Waals surface area contributed by atoms with E-state index in [1.54, 1.807) is 0 Å². The lowest BCUT2D eigenvalue weighted by Gasteiger charge is -2.07. The molecule has 0 fully saturated rings. The van der Waals surface area contributed by atoms with E-state index in [4.69, 9.17) is 11.6 Å².